The maximum absolute atomic E-state index is 5.96. The number of ether oxygens (including phenoxy) is 2. The summed E-state index contributed by atoms with van der Waals surface area (Å²) in [4.78, 5) is 9.50. The number of likely N-dealkylation sites (N-methyl/N-ethyl adjacent to an activating group) is 1. The van der Waals surface area contributed by atoms with Gasteiger partial charge in [-0.25, -0.2) is 4.98 Å². The molecular formula is C24H36N4O2. The highest BCUT2D eigenvalue weighted by Crippen LogP contribution is 2.22. The molecular weight excluding hydrogens is 376 g/mol. The van der Waals surface area contributed by atoms with Crippen LogP contribution in [0.3, 0.4) is 0 Å². The van der Waals surface area contributed by atoms with Crippen molar-refractivity contribution in [2.45, 2.75) is 44.8 Å². The largest absolute Gasteiger partial charge is 0.494 e. The molecule has 2 fully saturated rings. The highest BCUT2D eigenvalue weighted by molar-refractivity contribution is 5.56. The second kappa shape index (κ2) is 10.9. The molecule has 4 rings (SSSR count). The minimum Gasteiger partial charge on any atom is -0.494 e. The van der Waals surface area contributed by atoms with Crippen molar-refractivity contribution in [1.29, 1.82) is 0 Å². The van der Waals surface area contributed by atoms with Crippen LogP contribution in [0.2, 0.25) is 0 Å². The molecule has 0 radical (unpaired) electrons. The summed E-state index contributed by atoms with van der Waals surface area (Å²) in [7, 11) is 2.15. The molecule has 0 saturated carbocycles. The number of aromatic nitrogens is 2. The topological polar surface area (TPSA) is 42.8 Å². The summed E-state index contributed by atoms with van der Waals surface area (Å²) in [6, 6.07) is 8.33. The van der Waals surface area contributed by atoms with Crippen molar-refractivity contribution in [2.75, 3.05) is 53.0 Å². The van der Waals surface area contributed by atoms with E-state index in [9.17, 15) is 0 Å². The summed E-state index contributed by atoms with van der Waals surface area (Å²) in [6.07, 6.45) is 10.6. The monoisotopic (exact) mass is 412 g/mol. The van der Waals surface area contributed by atoms with E-state index >= 15 is 0 Å². The van der Waals surface area contributed by atoms with Gasteiger partial charge in [-0.3, -0.25) is 0 Å². The Bertz CT molecular complexity index is 755. The fraction of sp³-hybridized carbons (Fsp3) is 0.625. The number of imidazole rings is 1. The van der Waals surface area contributed by atoms with Crippen LogP contribution >= 0.6 is 0 Å². The second-order valence-corrected chi connectivity index (χ2v) is 8.64. The number of likely N-dealkylation sites (tertiary alicyclic amines) is 1. The molecule has 6 nitrogen and oxygen atoms in total. The number of piperidine rings is 1. The smallest absolute Gasteiger partial charge is 0.139 e. The average Bonchev–Trinajstić information content (AvgIpc) is 3.23. The van der Waals surface area contributed by atoms with E-state index in [1.807, 2.05) is 12.4 Å². The number of hydrogen-bond acceptors (Lipinski definition) is 5. The minimum absolute atomic E-state index is 0.212. The van der Waals surface area contributed by atoms with Crippen molar-refractivity contribution in [3.05, 3.63) is 36.7 Å². The number of rotatable bonds is 9. The molecule has 164 valence electrons. The van der Waals surface area contributed by atoms with Crippen LogP contribution < -0.4 is 4.74 Å². The van der Waals surface area contributed by atoms with E-state index in [-0.39, 0.29) is 6.10 Å². The Morgan fingerprint density at radius 2 is 1.90 bits per heavy atom. The van der Waals surface area contributed by atoms with Gasteiger partial charge in [0.1, 0.15) is 11.6 Å². The predicted octanol–water partition coefficient (Wildman–Crippen LogP) is 3.53. The van der Waals surface area contributed by atoms with Gasteiger partial charge in [0.2, 0.25) is 0 Å². The molecule has 3 heterocycles. The van der Waals surface area contributed by atoms with Gasteiger partial charge >= 0.3 is 0 Å². The van der Waals surface area contributed by atoms with Crippen LogP contribution in [0.4, 0.5) is 0 Å². The van der Waals surface area contributed by atoms with Gasteiger partial charge in [0, 0.05) is 31.0 Å². The molecule has 1 unspecified atom stereocenters. The quantitative estimate of drug-likeness (QED) is 0.590. The molecule has 2 saturated heterocycles. The Morgan fingerprint density at radius 3 is 2.70 bits per heavy atom. The molecule has 2 aromatic rings. The van der Waals surface area contributed by atoms with Gasteiger partial charge in [0.05, 0.1) is 25.9 Å². The van der Waals surface area contributed by atoms with E-state index in [0.717, 1.165) is 56.4 Å². The number of unbranched alkanes of at least 4 members (excludes halogenated alkanes) is 1. The molecule has 1 aromatic heterocycles. The van der Waals surface area contributed by atoms with Gasteiger partial charge in [-0.1, -0.05) is 6.42 Å². The van der Waals surface area contributed by atoms with Crippen molar-refractivity contribution < 1.29 is 9.47 Å². The van der Waals surface area contributed by atoms with E-state index in [1.54, 1.807) is 0 Å². The molecule has 2 aliphatic rings. The average molecular weight is 413 g/mol. The number of morpholine rings is 1. The van der Waals surface area contributed by atoms with Gasteiger partial charge in [-0.2, -0.15) is 0 Å². The Hall–Kier alpha value is -1.89. The first-order valence-corrected chi connectivity index (χ1v) is 11.5. The summed E-state index contributed by atoms with van der Waals surface area (Å²) >= 11 is 0. The van der Waals surface area contributed by atoms with Crippen LogP contribution in [0.1, 0.15) is 32.1 Å². The van der Waals surface area contributed by atoms with E-state index < -0.39 is 0 Å². The zero-order valence-electron chi connectivity index (χ0n) is 18.3. The normalized spacial score (nSPS) is 21.0. The Balaban J connectivity index is 1.23. The van der Waals surface area contributed by atoms with Crippen molar-refractivity contribution in [2.24, 2.45) is 0 Å². The lowest BCUT2D eigenvalue weighted by atomic mass is 10.1. The zero-order valence-corrected chi connectivity index (χ0v) is 18.3. The maximum atomic E-state index is 5.96. The lowest BCUT2D eigenvalue weighted by Crippen LogP contribution is -2.41. The number of hydrogen-bond donors (Lipinski definition) is 0. The first kappa shape index (κ1) is 21.3. The first-order valence-electron chi connectivity index (χ1n) is 11.5. The summed E-state index contributed by atoms with van der Waals surface area (Å²) in [5.41, 5.74) is 1.11. The Labute approximate surface area is 180 Å². The fourth-order valence-electron chi connectivity index (χ4n) is 4.42. The van der Waals surface area contributed by atoms with Crippen molar-refractivity contribution in [3.8, 4) is 17.1 Å². The lowest BCUT2D eigenvalue weighted by Gasteiger charge is -2.30. The fourth-order valence-corrected chi connectivity index (χ4v) is 4.42. The summed E-state index contributed by atoms with van der Waals surface area (Å²) in [6.45, 7) is 8.16. The van der Waals surface area contributed by atoms with Gasteiger partial charge in [-0.15, -0.1) is 0 Å². The molecule has 30 heavy (non-hydrogen) atoms. The van der Waals surface area contributed by atoms with Crippen LogP contribution in [0, 0.1) is 0 Å². The molecule has 1 atom stereocenters. The summed E-state index contributed by atoms with van der Waals surface area (Å²) in [5, 5.41) is 0. The molecule has 1 aromatic carbocycles. The van der Waals surface area contributed by atoms with Gasteiger partial charge in [0.25, 0.3) is 0 Å². The van der Waals surface area contributed by atoms with E-state index in [2.05, 4.69) is 50.7 Å². The molecule has 0 N–H and O–H groups in total. The van der Waals surface area contributed by atoms with Crippen LogP contribution in [0.15, 0.2) is 36.7 Å². The van der Waals surface area contributed by atoms with Crippen molar-refractivity contribution in [3.63, 3.8) is 0 Å². The van der Waals surface area contributed by atoms with Crippen molar-refractivity contribution in [1.82, 2.24) is 19.4 Å². The predicted molar refractivity (Wildman–Crippen MR) is 120 cm³/mol. The van der Waals surface area contributed by atoms with Gasteiger partial charge < -0.3 is 23.8 Å². The van der Waals surface area contributed by atoms with Crippen molar-refractivity contribution >= 4 is 0 Å². The number of nitrogens with zero attached hydrogens (tertiary/aromatic N) is 4. The van der Waals surface area contributed by atoms with E-state index in [0.29, 0.717) is 0 Å². The molecule has 2 aliphatic heterocycles. The van der Waals surface area contributed by atoms with Crippen LogP contribution in [-0.4, -0.2) is 78.4 Å². The molecule has 6 heteroatoms. The Kier molecular flexibility index (Phi) is 7.78. The maximum Gasteiger partial charge on any atom is 0.139 e. The first-order chi connectivity index (χ1) is 14.8. The highest BCUT2D eigenvalue weighted by atomic mass is 16.5. The molecule has 0 spiro atoms. The standard InChI is InChI=1S/C24H36N4O2/c1-26-16-18-30-23(19-26)20-28-15-11-25-24(28)21-7-9-22(10-8-21)29-17-6-5-14-27-12-3-2-4-13-27/h7-11,15,23H,2-6,12-14,16-20H2,1H3. The summed E-state index contributed by atoms with van der Waals surface area (Å²) < 4.78 is 14.1. The Morgan fingerprint density at radius 1 is 1.07 bits per heavy atom. The summed E-state index contributed by atoms with van der Waals surface area (Å²) in [5.74, 6) is 1.92. The molecule has 0 bridgehead atoms. The van der Waals surface area contributed by atoms with Gasteiger partial charge in [-0.05, 0) is 76.6 Å². The number of benzene rings is 1. The van der Waals surface area contributed by atoms with Gasteiger partial charge in [0.15, 0.2) is 0 Å². The SMILES string of the molecule is CN1CCOC(Cn2ccnc2-c2ccc(OCCCCN3CCCCC3)cc2)C1. The minimum atomic E-state index is 0.212. The third-order valence-electron chi connectivity index (χ3n) is 6.16. The second-order valence-electron chi connectivity index (χ2n) is 8.64. The third-order valence-corrected chi connectivity index (χ3v) is 6.16. The van der Waals surface area contributed by atoms with E-state index in [1.165, 1.54) is 45.3 Å². The zero-order chi connectivity index (χ0) is 20.6. The van der Waals surface area contributed by atoms with Crippen LogP contribution in [0.25, 0.3) is 11.4 Å². The van der Waals surface area contributed by atoms with Crippen LogP contribution in [-0.2, 0) is 11.3 Å². The van der Waals surface area contributed by atoms with E-state index in [4.69, 9.17) is 9.47 Å². The highest BCUT2D eigenvalue weighted by Gasteiger charge is 2.19. The molecule has 0 aliphatic carbocycles. The van der Waals surface area contributed by atoms with Crippen LogP contribution in [0.5, 0.6) is 5.75 Å². The lowest BCUT2D eigenvalue weighted by molar-refractivity contribution is -0.0272. The third kappa shape index (κ3) is 6.06. The molecule has 0 amide bonds.